The van der Waals surface area contributed by atoms with E-state index in [4.69, 9.17) is 4.74 Å². The van der Waals surface area contributed by atoms with E-state index in [1.165, 1.54) is 13.0 Å². The Bertz CT molecular complexity index is 427. The lowest BCUT2D eigenvalue weighted by Crippen LogP contribution is -2.02. The van der Waals surface area contributed by atoms with Crippen LogP contribution in [-0.2, 0) is 4.79 Å². The zero-order chi connectivity index (χ0) is 12.1. The number of carbonyl (C=O) groups is 2. The molecule has 3 nitrogen and oxygen atoms in total. The van der Waals surface area contributed by atoms with Crippen molar-refractivity contribution in [3.05, 3.63) is 41.5 Å². The first-order valence-corrected chi connectivity index (χ1v) is 4.92. The number of ether oxygens (including phenoxy) is 1. The molecule has 0 aliphatic rings. The molecule has 0 radical (unpaired) electrons. The molecule has 0 amide bonds. The third kappa shape index (κ3) is 3.05. The fraction of sp³-hybridized carbons (Fsp3) is 0.231. The summed E-state index contributed by atoms with van der Waals surface area (Å²) in [6, 6.07) is 6.79. The van der Waals surface area contributed by atoms with Crippen molar-refractivity contribution >= 4 is 11.6 Å². The molecule has 0 aromatic heterocycles. The highest BCUT2D eigenvalue weighted by molar-refractivity contribution is 6.11. The molecule has 1 aromatic rings. The van der Waals surface area contributed by atoms with Crippen molar-refractivity contribution in [1.29, 1.82) is 0 Å². The van der Waals surface area contributed by atoms with Crippen LogP contribution in [0.5, 0.6) is 5.75 Å². The number of allylic oxidation sites excluding steroid dienone is 2. The van der Waals surface area contributed by atoms with Crippen molar-refractivity contribution in [2.75, 3.05) is 7.11 Å². The fourth-order valence-electron chi connectivity index (χ4n) is 1.34. The molecule has 0 aliphatic heterocycles. The smallest absolute Gasteiger partial charge is 0.188 e. The average molecular weight is 218 g/mol. The molecule has 0 unspecified atom stereocenters. The van der Waals surface area contributed by atoms with Gasteiger partial charge in [0.25, 0.3) is 0 Å². The highest BCUT2D eigenvalue weighted by Gasteiger charge is 2.08. The molecule has 0 bridgehead atoms. The number of benzene rings is 1. The maximum Gasteiger partial charge on any atom is 0.188 e. The van der Waals surface area contributed by atoms with Crippen molar-refractivity contribution in [3.63, 3.8) is 0 Å². The van der Waals surface area contributed by atoms with Gasteiger partial charge in [0.15, 0.2) is 11.6 Å². The lowest BCUT2D eigenvalue weighted by atomic mass is 10.0. The average Bonchev–Trinajstić information content (AvgIpc) is 2.27. The predicted octanol–water partition coefficient (Wildman–Crippen LogP) is 2.41. The Balaban J connectivity index is 2.92. The second kappa shape index (κ2) is 5.26. The fourth-order valence-corrected chi connectivity index (χ4v) is 1.34. The highest BCUT2D eigenvalue weighted by Crippen LogP contribution is 2.14. The molecule has 0 saturated carbocycles. The van der Waals surface area contributed by atoms with E-state index in [1.807, 2.05) is 0 Å². The van der Waals surface area contributed by atoms with Crippen LogP contribution in [0.25, 0.3) is 0 Å². The summed E-state index contributed by atoms with van der Waals surface area (Å²) in [6.07, 6.45) is 1.34. The zero-order valence-corrected chi connectivity index (χ0v) is 9.61. The van der Waals surface area contributed by atoms with Gasteiger partial charge in [-0.15, -0.1) is 0 Å². The summed E-state index contributed by atoms with van der Waals surface area (Å²) in [7, 11) is 1.57. The predicted molar refractivity (Wildman–Crippen MR) is 61.8 cm³/mol. The monoisotopic (exact) mass is 218 g/mol. The molecule has 0 saturated heterocycles. The number of hydrogen-bond donors (Lipinski definition) is 0. The zero-order valence-electron chi connectivity index (χ0n) is 9.61. The SMILES string of the molecule is COc1ccc(C(=O)/C(C)=C/C(C)=O)cc1. The summed E-state index contributed by atoms with van der Waals surface area (Å²) >= 11 is 0. The maximum absolute atomic E-state index is 11.8. The van der Waals surface area contributed by atoms with Gasteiger partial charge < -0.3 is 4.74 Å². The standard InChI is InChI=1S/C13H14O3/c1-9(8-10(2)14)13(15)11-4-6-12(16-3)7-5-11/h4-8H,1-3H3/b9-8+. The molecule has 3 heteroatoms. The minimum absolute atomic E-state index is 0.126. The van der Waals surface area contributed by atoms with E-state index >= 15 is 0 Å². The minimum atomic E-state index is -0.141. The largest absolute Gasteiger partial charge is 0.497 e. The first kappa shape index (κ1) is 12.2. The van der Waals surface area contributed by atoms with Gasteiger partial charge >= 0.3 is 0 Å². The van der Waals surface area contributed by atoms with Gasteiger partial charge in [-0.25, -0.2) is 0 Å². The van der Waals surface area contributed by atoms with Crippen LogP contribution in [0, 0.1) is 0 Å². The second-order valence-electron chi connectivity index (χ2n) is 3.50. The van der Waals surface area contributed by atoms with E-state index in [0.29, 0.717) is 16.9 Å². The molecule has 0 spiro atoms. The number of hydrogen-bond acceptors (Lipinski definition) is 3. The number of ketones is 2. The van der Waals surface area contributed by atoms with Crippen LogP contribution in [0.15, 0.2) is 35.9 Å². The number of carbonyl (C=O) groups excluding carboxylic acids is 2. The summed E-state index contributed by atoms with van der Waals surface area (Å²) in [5.41, 5.74) is 0.994. The number of Topliss-reactive ketones (excluding diaryl/α,β-unsaturated/α-hetero) is 1. The topological polar surface area (TPSA) is 43.4 Å². The molecule has 16 heavy (non-hydrogen) atoms. The molecular formula is C13H14O3. The van der Waals surface area contributed by atoms with Crippen LogP contribution in [-0.4, -0.2) is 18.7 Å². The molecule has 1 rings (SSSR count). The van der Waals surface area contributed by atoms with Crippen molar-refractivity contribution in [3.8, 4) is 5.75 Å². The molecule has 84 valence electrons. The second-order valence-corrected chi connectivity index (χ2v) is 3.50. The number of methoxy groups -OCH3 is 1. The van der Waals surface area contributed by atoms with Crippen molar-refractivity contribution in [2.45, 2.75) is 13.8 Å². The van der Waals surface area contributed by atoms with E-state index in [2.05, 4.69) is 0 Å². The molecule has 0 N–H and O–H groups in total. The van der Waals surface area contributed by atoms with E-state index < -0.39 is 0 Å². The first-order valence-electron chi connectivity index (χ1n) is 4.92. The molecule has 1 aromatic carbocycles. The van der Waals surface area contributed by atoms with Crippen LogP contribution in [0.3, 0.4) is 0 Å². The Labute approximate surface area is 94.7 Å². The van der Waals surface area contributed by atoms with Crippen LogP contribution in [0.1, 0.15) is 24.2 Å². The van der Waals surface area contributed by atoms with Gasteiger partial charge in [0.2, 0.25) is 0 Å². The summed E-state index contributed by atoms with van der Waals surface area (Å²) in [4.78, 5) is 22.7. The Kier molecular flexibility index (Phi) is 4.00. The molecule has 0 aliphatic carbocycles. The van der Waals surface area contributed by atoms with Gasteiger partial charge in [-0.1, -0.05) is 0 Å². The van der Waals surface area contributed by atoms with Gasteiger partial charge in [0.1, 0.15) is 5.75 Å². The Hall–Kier alpha value is -1.90. The first-order chi connectivity index (χ1) is 7.54. The van der Waals surface area contributed by atoms with Crippen molar-refractivity contribution in [2.24, 2.45) is 0 Å². The van der Waals surface area contributed by atoms with Crippen molar-refractivity contribution < 1.29 is 14.3 Å². The van der Waals surface area contributed by atoms with Crippen LogP contribution >= 0.6 is 0 Å². The van der Waals surface area contributed by atoms with E-state index in [1.54, 1.807) is 38.3 Å². The van der Waals surface area contributed by atoms with E-state index in [-0.39, 0.29) is 11.6 Å². The molecule has 0 heterocycles. The van der Waals surface area contributed by atoms with Gasteiger partial charge in [0.05, 0.1) is 7.11 Å². The van der Waals surface area contributed by atoms with Gasteiger partial charge in [-0.2, -0.15) is 0 Å². The van der Waals surface area contributed by atoms with Crippen molar-refractivity contribution in [1.82, 2.24) is 0 Å². The Morgan fingerprint density at radius 2 is 1.69 bits per heavy atom. The van der Waals surface area contributed by atoms with Crippen LogP contribution in [0.4, 0.5) is 0 Å². The molecular weight excluding hydrogens is 204 g/mol. The maximum atomic E-state index is 11.8. The summed E-state index contributed by atoms with van der Waals surface area (Å²) in [6.45, 7) is 3.05. The van der Waals surface area contributed by atoms with Gasteiger partial charge in [-0.3, -0.25) is 9.59 Å². The van der Waals surface area contributed by atoms with Crippen LogP contribution < -0.4 is 4.74 Å². The Morgan fingerprint density at radius 1 is 1.12 bits per heavy atom. The summed E-state index contributed by atoms with van der Waals surface area (Å²) < 4.78 is 4.99. The van der Waals surface area contributed by atoms with Gasteiger partial charge in [-0.05, 0) is 44.2 Å². The van der Waals surface area contributed by atoms with E-state index in [0.717, 1.165) is 0 Å². The summed E-state index contributed by atoms with van der Waals surface area (Å²) in [5.74, 6) is 0.432. The lowest BCUT2D eigenvalue weighted by Gasteiger charge is -2.02. The third-order valence-corrected chi connectivity index (χ3v) is 2.13. The van der Waals surface area contributed by atoms with Gasteiger partial charge in [0, 0.05) is 11.1 Å². The summed E-state index contributed by atoms with van der Waals surface area (Å²) in [5, 5.41) is 0. The minimum Gasteiger partial charge on any atom is -0.497 e. The number of rotatable bonds is 4. The Morgan fingerprint density at radius 3 is 2.12 bits per heavy atom. The van der Waals surface area contributed by atoms with Crippen LogP contribution in [0.2, 0.25) is 0 Å². The third-order valence-electron chi connectivity index (χ3n) is 2.13. The molecule has 0 atom stereocenters. The normalized spacial score (nSPS) is 11.1. The van der Waals surface area contributed by atoms with E-state index in [9.17, 15) is 9.59 Å². The quantitative estimate of drug-likeness (QED) is 0.575. The lowest BCUT2D eigenvalue weighted by molar-refractivity contribution is -0.112. The highest BCUT2D eigenvalue weighted by atomic mass is 16.5. The molecule has 0 fully saturated rings.